The lowest BCUT2D eigenvalue weighted by atomic mass is 9.84. The Kier molecular flexibility index (Phi) is 5.07. The number of carbonyl (C=O) groups is 2. The zero-order valence-corrected chi connectivity index (χ0v) is 10.8. The van der Waals surface area contributed by atoms with Gasteiger partial charge in [-0.15, -0.1) is 0 Å². The molecule has 100 valence electrons. The van der Waals surface area contributed by atoms with Gasteiger partial charge in [0, 0.05) is 17.8 Å². The van der Waals surface area contributed by atoms with E-state index in [0.29, 0.717) is 5.71 Å². The molecule has 1 saturated carbocycles. The van der Waals surface area contributed by atoms with Crippen molar-refractivity contribution in [3.8, 4) is 0 Å². The number of nitrogens with two attached hydrogens (primary N) is 1. The van der Waals surface area contributed by atoms with Gasteiger partial charge in [0.2, 0.25) is 0 Å². The summed E-state index contributed by atoms with van der Waals surface area (Å²) in [6.07, 6.45) is 4.41. The van der Waals surface area contributed by atoms with Gasteiger partial charge in [-0.3, -0.25) is 9.79 Å². The van der Waals surface area contributed by atoms with E-state index in [1.807, 2.05) is 0 Å². The third-order valence-electron chi connectivity index (χ3n) is 3.43. The summed E-state index contributed by atoms with van der Waals surface area (Å²) in [6, 6.07) is 0.106. The first-order valence-corrected chi connectivity index (χ1v) is 6.16. The number of hydrogen-bond donors (Lipinski definition) is 2. The molecule has 1 aliphatic rings. The van der Waals surface area contributed by atoms with Crippen LogP contribution in [0.25, 0.3) is 0 Å². The molecular formula is C13H20N2O3. The quantitative estimate of drug-likeness (QED) is 0.586. The van der Waals surface area contributed by atoms with Gasteiger partial charge in [0.05, 0.1) is 11.6 Å². The largest absolute Gasteiger partial charge is 0.478 e. The first-order chi connectivity index (χ1) is 8.45. The molecular weight excluding hydrogens is 232 g/mol. The Morgan fingerprint density at radius 1 is 1.22 bits per heavy atom. The summed E-state index contributed by atoms with van der Waals surface area (Å²) < 4.78 is 0. The summed E-state index contributed by atoms with van der Waals surface area (Å²) in [5.74, 6) is -0.667. The van der Waals surface area contributed by atoms with Gasteiger partial charge in [0.15, 0.2) is 0 Å². The molecule has 5 heteroatoms. The Hall–Kier alpha value is -1.65. The third kappa shape index (κ3) is 3.68. The smallest absolute Gasteiger partial charge is 0.339 e. The fraction of sp³-hybridized carbons (Fsp3) is 0.615. The molecule has 0 heterocycles. The van der Waals surface area contributed by atoms with Crippen LogP contribution in [-0.2, 0) is 9.59 Å². The molecule has 1 fully saturated rings. The molecule has 5 nitrogen and oxygen atoms in total. The van der Waals surface area contributed by atoms with E-state index in [9.17, 15) is 9.59 Å². The number of carbonyl (C=O) groups excluding carboxylic acids is 1. The topological polar surface area (TPSA) is 92.8 Å². The Bertz CT molecular complexity index is 391. The average molecular weight is 252 g/mol. The normalized spacial score (nSPS) is 25.9. The van der Waals surface area contributed by atoms with E-state index in [2.05, 4.69) is 4.99 Å². The van der Waals surface area contributed by atoms with Gasteiger partial charge in [-0.05, 0) is 39.5 Å². The second-order valence-electron chi connectivity index (χ2n) is 4.72. The molecule has 0 aromatic carbocycles. The standard InChI is InChI=1S/C13H20N2O3/c1-8(12(7-14)13(17)18)15-11-5-3-10(4-6-11)9(2)16/h7,10-11H,3-6,14H2,1-2H3,(H,17,18). The van der Waals surface area contributed by atoms with Crippen LogP contribution in [0.4, 0.5) is 0 Å². The van der Waals surface area contributed by atoms with Crippen molar-refractivity contribution >= 4 is 17.5 Å². The zero-order chi connectivity index (χ0) is 13.7. The SMILES string of the molecule is CC(=O)C1CCC(N=C(C)C(=CN)C(=O)O)CC1. The number of ketones is 1. The highest BCUT2D eigenvalue weighted by Gasteiger charge is 2.24. The predicted molar refractivity (Wildman–Crippen MR) is 69.4 cm³/mol. The molecule has 3 N–H and O–H groups in total. The molecule has 0 radical (unpaired) electrons. The molecule has 0 spiro atoms. The monoisotopic (exact) mass is 252 g/mol. The Morgan fingerprint density at radius 2 is 1.78 bits per heavy atom. The lowest BCUT2D eigenvalue weighted by Crippen LogP contribution is -2.23. The van der Waals surface area contributed by atoms with Crippen molar-refractivity contribution in [3.05, 3.63) is 11.8 Å². The van der Waals surface area contributed by atoms with Crippen LogP contribution in [0.3, 0.4) is 0 Å². The molecule has 0 bridgehead atoms. The van der Waals surface area contributed by atoms with Gasteiger partial charge in [0.25, 0.3) is 0 Å². The molecule has 1 rings (SSSR count). The Labute approximate surface area is 107 Å². The summed E-state index contributed by atoms with van der Waals surface area (Å²) in [6.45, 7) is 3.28. The van der Waals surface area contributed by atoms with Gasteiger partial charge in [0.1, 0.15) is 5.78 Å². The van der Waals surface area contributed by atoms with Crippen molar-refractivity contribution in [2.24, 2.45) is 16.6 Å². The number of hydrogen-bond acceptors (Lipinski definition) is 4. The van der Waals surface area contributed by atoms with Gasteiger partial charge in [-0.2, -0.15) is 0 Å². The minimum Gasteiger partial charge on any atom is -0.478 e. The van der Waals surface area contributed by atoms with Gasteiger partial charge >= 0.3 is 5.97 Å². The molecule has 0 saturated heterocycles. The van der Waals surface area contributed by atoms with Crippen molar-refractivity contribution in [3.63, 3.8) is 0 Å². The number of nitrogens with zero attached hydrogens (tertiary/aromatic N) is 1. The van der Waals surface area contributed by atoms with Crippen LogP contribution >= 0.6 is 0 Å². The number of Topliss-reactive ketones (excluding diaryl/α,β-unsaturated/α-hetero) is 1. The van der Waals surface area contributed by atoms with E-state index < -0.39 is 5.97 Å². The van der Waals surface area contributed by atoms with Crippen molar-refractivity contribution < 1.29 is 14.7 Å². The van der Waals surface area contributed by atoms with Crippen molar-refractivity contribution in [2.45, 2.75) is 45.6 Å². The highest BCUT2D eigenvalue weighted by atomic mass is 16.4. The molecule has 0 aromatic heterocycles. The molecule has 1 aliphatic carbocycles. The van der Waals surface area contributed by atoms with E-state index in [0.717, 1.165) is 31.9 Å². The van der Waals surface area contributed by atoms with Crippen LogP contribution in [0.5, 0.6) is 0 Å². The Balaban J connectivity index is 2.64. The zero-order valence-electron chi connectivity index (χ0n) is 10.8. The van der Waals surface area contributed by atoms with E-state index in [1.54, 1.807) is 13.8 Å². The second kappa shape index (κ2) is 6.33. The van der Waals surface area contributed by atoms with E-state index >= 15 is 0 Å². The van der Waals surface area contributed by atoms with Crippen LogP contribution in [0.2, 0.25) is 0 Å². The van der Waals surface area contributed by atoms with Gasteiger partial charge in [-0.25, -0.2) is 4.79 Å². The summed E-state index contributed by atoms with van der Waals surface area (Å²) >= 11 is 0. The molecule has 18 heavy (non-hydrogen) atoms. The first-order valence-electron chi connectivity index (χ1n) is 6.16. The number of aliphatic carboxylic acids is 1. The summed E-state index contributed by atoms with van der Waals surface area (Å²) in [5.41, 5.74) is 5.77. The third-order valence-corrected chi connectivity index (χ3v) is 3.43. The average Bonchev–Trinajstić information content (AvgIpc) is 2.29. The Morgan fingerprint density at radius 3 is 2.17 bits per heavy atom. The number of aliphatic imine (C=N–C) groups is 1. The highest BCUT2D eigenvalue weighted by Crippen LogP contribution is 2.27. The molecule has 0 unspecified atom stereocenters. The van der Waals surface area contributed by atoms with Crippen LogP contribution < -0.4 is 5.73 Å². The van der Waals surface area contributed by atoms with Crippen molar-refractivity contribution in [1.82, 2.24) is 0 Å². The van der Waals surface area contributed by atoms with Crippen LogP contribution in [-0.4, -0.2) is 28.6 Å². The molecule has 0 aliphatic heterocycles. The molecule has 0 atom stereocenters. The maximum atomic E-state index is 11.2. The molecule has 0 amide bonds. The predicted octanol–water partition coefficient (Wildman–Crippen LogP) is 1.52. The maximum Gasteiger partial charge on any atom is 0.339 e. The fourth-order valence-corrected chi connectivity index (χ4v) is 2.30. The maximum absolute atomic E-state index is 11.2. The van der Waals surface area contributed by atoms with E-state index in [-0.39, 0.29) is 23.3 Å². The number of carboxylic acid groups (broad SMARTS) is 1. The molecule has 0 aromatic rings. The van der Waals surface area contributed by atoms with E-state index in [1.165, 1.54) is 0 Å². The van der Waals surface area contributed by atoms with Crippen LogP contribution in [0.15, 0.2) is 16.8 Å². The van der Waals surface area contributed by atoms with Crippen molar-refractivity contribution in [1.29, 1.82) is 0 Å². The fourth-order valence-electron chi connectivity index (χ4n) is 2.30. The summed E-state index contributed by atoms with van der Waals surface area (Å²) in [4.78, 5) is 26.5. The van der Waals surface area contributed by atoms with Gasteiger partial charge in [-0.1, -0.05) is 0 Å². The van der Waals surface area contributed by atoms with Crippen LogP contribution in [0.1, 0.15) is 39.5 Å². The highest BCUT2D eigenvalue weighted by molar-refractivity contribution is 6.18. The van der Waals surface area contributed by atoms with Crippen LogP contribution in [0, 0.1) is 5.92 Å². The second-order valence-corrected chi connectivity index (χ2v) is 4.72. The lowest BCUT2D eigenvalue weighted by molar-refractivity contribution is -0.132. The lowest BCUT2D eigenvalue weighted by Gasteiger charge is -2.24. The summed E-state index contributed by atoms with van der Waals surface area (Å²) in [5, 5.41) is 8.91. The van der Waals surface area contributed by atoms with E-state index in [4.69, 9.17) is 10.8 Å². The number of rotatable bonds is 4. The van der Waals surface area contributed by atoms with Gasteiger partial charge < -0.3 is 10.8 Å². The minimum atomic E-state index is -1.06. The van der Waals surface area contributed by atoms with Crippen molar-refractivity contribution in [2.75, 3.05) is 0 Å². The first kappa shape index (κ1) is 14.4. The summed E-state index contributed by atoms with van der Waals surface area (Å²) in [7, 11) is 0. The number of carboxylic acids is 1. The minimum absolute atomic E-state index is 0.0451.